The molecule has 0 radical (unpaired) electrons. The molecule has 2 aromatic rings. The molecule has 2 N–H and O–H groups in total. The van der Waals surface area contributed by atoms with Crippen LogP contribution in [0.1, 0.15) is 5.56 Å². The Morgan fingerprint density at radius 3 is 2.59 bits per heavy atom. The number of aryl methyl sites for hydroxylation is 1. The maximum Gasteiger partial charge on any atom is 0.413 e. The van der Waals surface area contributed by atoms with E-state index in [1.807, 2.05) is 13.0 Å². The Morgan fingerprint density at radius 1 is 1.14 bits per heavy atom. The van der Waals surface area contributed by atoms with Crippen LogP contribution in [-0.4, -0.2) is 18.5 Å². The maximum atomic E-state index is 11.8. The van der Waals surface area contributed by atoms with Gasteiger partial charge in [-0.05, 0) is 36.8 Å². The number of nitrogens with one attached hydrogen (secondary N) is 2. The van der Waals surface area contributed by atoms with E-state index in [4.69, 9.17) is 16.3 Å². The van der Waals surface area contributed by atoms with Crippen LogP contribution in [0.2, 0.25) is 5.02 Å². The second-order valence-electron chi connectivity index (χ2n) is 4.56. The monoisotopic (exact) mass is 318 g/mol. The average molecular weight is 319 g/mol. The van der Waals surface area contributed by atoms with Crippen LogP contribution in [-0.2, 0) is 4.79 Å². The van der Waals surface area contributed by atoms with E-state index in [0.29, 0.717) is 16.5 Å². The van der Waals surface area contributed by atoms with E-state index in [1.165, 1.54) is 0 Å². The molecule has 0 saturated carbocycles. The normalized spacial score (nSPS) is 9.91. The molecule has 22 heavy (non-hydrogen) atoms. The van der Waals surface area contributed by atoms with Crippen molar-refractivity contribution in [3.05, 3.63) is 59.1 Å². The van der Waals surface area contributed by atoms with Crippen molar-refractivity contribution in [1.29, 1.82) is 0 Å². The topological polar surface area (TPSA) is 67.4 Å². The van der Waals surface area contributed by atoms with Crippen LogP contribution < -0.4 is 15.4 Å². The van der Waals surface area contributed by atoms with Crippen molar-refractivity contribution in [3.63, 3.8) is 0 Å². The van der Waals surface area contributed by atoms with Crippen molar-refractivity contribution in [2.45, 2.75) is 6.92 Å². The van der Waals surface area contributed by atoms with Crippen LogP contribution in [0.5, 0.6) is 5.75 Å². The summed E-state index contributed by atoms with van der Waals surface area (Å²) in [7, 11) is 0. The van der Waals surface area contributed by atoms with Crippen LogP contribution in [0, 0.1) is 6.92 Å². The van der Waals surface area contributed by atoms with E-state index in [9.17, 15) is 9.59 Å². The Kier molecular flexibility index (Phi) is 5.38. The zero-order chi connectivity index (χ0) is 15.9. The van der Waals surface area contributed by atoms with Crippen LogP contribution in [0.25, 0.3) is 0 Å². The number of hydrogen-bond donors (Lipinski definition) is 2. The van der Waals surface area contributed by atoms with Crippen LogP contribution in [0.15, 0.2) is 48.5 Å². The smallest absolute Gasteiger partial charge is 0.410 e. The van der Waals surface area contributed by atoms with Crippen molar-refractivity contribution < 1.29 is 14.3 Å². The van der Waals surface area contributed by atoms with Crippen molar-refractivity contribution in [2.24, 2.45) is 0 Å². The number of carbonyl (C=O) groups is 2. The van der Waals surface area contributed by atoms with Crippen molar-refractivity contribution >= 4 is 29.3 Å². The fraction of sp³-hybridized carbons (Fsp3) is 0.125. The lowest BCUT2D eigenvalue weighted by Crippen LogP contribution is -2.34. The van der Waals surface area contributed by atoms with Gasteiger partial charge in [0.1, 0.15) is 12.3 Å². The quantitative estimate of drug-likeness (QED) is 0.908. The summed E-state index contributed by atoms with van der Waals surface area (Å²) in [5, 5.41) is 5.58. The van der Waals surface area contributed by atoms with Gasteiger partial charge >= 0.3 is 6.09 Å². The van der Waals surface area contributed by atoms with Gasteiger partial charge in [0.05, 0.1) is 0 Å². The summed E-state index contributed by atoms with van der Waals surface area (Å²) in [6, 6.07) is 13.8. The number of hydrogen-bond acceptors (Lipinski definition) is 3. The highest BCUT2D eigenvalue weighted by Crippen LogP contribution is 2.19. The zero-order valence-corrected chi connectivity index (χ0v) is 12.7. The minimum absolute atomic E-state index is 0.197. The molecule has 0 atom stereocenters. The number of para-hydroxylation sites is 1. The first-order valence-corrected chi connectivity index (χ1v) is 6.99. The number of carbonyl (C=O) groups excluding carboxylic acids is 2. The summed E-state index contributed by atoms with van der Waals surface area (Å²) >= 11 is 5.88. The Hall–Kier alpha value is -2.53. The molecule has 2 aromatic carbocycles. The lowest BCUT2D eigenvalue weighted by Gasteiger charge is -2.10. The van der Waals surface area contributed by atoms with Gasteiger partial charge in [-0.15, -0.1) is 0 Å². The minimum atomic E-state index is -0.691. The minimum Gasteiger partial charge on any atom is -0.410 e. The number of benzene rings is 2. The largest absolute Gasteiger partial charge is 0.413 e. The summed E-state index contributed by atoms with van der Waals surface area (Å²) < 4.78 is 5.01. The summed E-state index contributed by atoms with van der Waals surface area (Å²) in [4.78, 5) is 23.4. The molecule has 0 bridgehead atoms. The number of ether oxygens (including phenoxy) is 1. The lowest BCUT2D eigenvalue weighted by molar-refractivity contribution is -0.115. The van der Waals surface area contributed by atoms with E-state index in [2.05, 4.69) is 10.6 Å². The van der Waals surface area contributed by atoms with Gasteiger partial charge in [0.15, 0.2) is 0 Å². The molecule has 0 aromatic heterocycles. The van der Waals surface area contributed by atoms with Gasteiger partial charge in [0.25, 0.3) is 0 Å². The van der Waals surface area contributed by atoms with E-state index in [1.54, 1.807) is 42.5 Å². The van der Waals surface area contributed by atoms with Crippen molar-refractivity contribution in [2.75, 3.05) is 11.9 Å². The summed E-state index contributed by atoms with van der Waals surface area (Å²) in [5.74, 6) is 0.0430. The molecule has 0 unspecified atom stereocenters. The van der Waals surface area contributed by atoms with Gasteiger partial charge in [-0.1, -0.05) is 35.9 Å². The van der Waals surface area contributed by atoms with Crippen molar-refractivity contribution in [3.8, 4) is 5.75 Å². The highest BCUT2D eigenvalue weighted by molar-refractivity contribution is 6.31. The lowest BCUT2D eigenvalue weighted by atomic mass is 10.2. The third-order valence-corrected chi connectivity index (χ3v) is 3.06. The standard InChI is InChI=1S/C16H15ClN2O3/c1-11-7-8-12(17)9-14(11)19-15(20)10-18-16(21)22-13-5-3-2-4-6-13/h2-9H,10H2,1H3,(H,18,21)(H,19,20). The zero-order valence-electron chi connectivity index (χ0n) is 11.9. The fourth-order valence-corrected chi connectivity index (χ4v) is 1.88. The molecule has 2 rings (SSSR count). The van der Waals surface area contributed by atoms with Crippen LogP contribution in [0.4, 0.5) is 10.5 Å². The molecule has 0 heterocycles. The van der Waals surface area contributed by atoms with Gasteiger partial charge in [-0.3, -0.25) is 4.79 Å². The first-order valence-electron chi connectivity index (χ1n) is 6.61. The summed E-state index contributed by atoms with van der Waals surface area (Å²) in [6.45, 7) is 1.65. The third kappa shape index (κ3) is 4.79. The first kappa shape index (κ1) is 15.9. The SMILES string of the molecule is Cc1ccc(Cl)cc1NC(=O)CNC(=O)Oc1ccccc1. The molecule has 6 heteroatoms. The molecule has 0 aliphatic heterocycles. The molecular weight excluding hydrogens is 304 g/mol. The molecule has 0 aliphatic rings. The summed E-state index contributed by atoms with van der Waals surface area (Å²) in [5.41, 5.74) is 1.49. The molecular formula is C16H15ClN2O3. The number of amides is 2. The summed E-state index contributed by atoms with van der Waals surface area (Å²) in [6.07, 6.45) is -0.691. The third-order valence-electron chi connectivity index (χ3n) is 2.82. The predicted octanol–water partition coefficient (Wildman–Crippen LogP) is 3.38. The van der Waals surface area contributed by atoms with Crippen LogP contribution in [0.3, 0.4) is 0 Å². The van der Waals surface area contributed by atoms with Gasteiger partial charge in [-0.25, -0.2) is 4.79 Å². The highest BCUT2D eigenvalue weighted by Gasteiger charge is 2.09. The molecule has 2 amide bonds. The van der Waals surface area contributed by atoms with E-state index in [-0.39, 0.29) is 12.5 Å². The maximum absolute atomic E-state index is 11.8. The molecule has 0 spiro atoms. The van der Waals surface area contributed by atoms with Gasteiger partial charge in [0, 0.05) is 10.7 Å². The van der Waals surface area contributed by atoms with Gasteiger partial charge in [-0.2, -0.15) is 0 Å². The fourth-order valence-electron chi connectivity index (χ4n) is 1.71. The van der Waals surface area contributed by atoms with Crippen molar-refractivity contribution in [1.82, 2.24) is 5.32 Å². The van der Waals surface area contributed by atoms with Gasteiger partial charge in [0.2, 0.25) is 5.91 Å². The van der Waals surface area contributed by atoms with E-state index >= 15 is 0 Å². The second kappa shape index (κ2) is 7.47. The molecule has 114 valence electrons. The Labute approximate surface area is 133 Å². The molecule has 0 aliphatic carbocycles. The first-order chi connectivity index (χ1) is 10.5. The van der Waals surface area contributed by atoms with Crippen LogP contribution >= 0.6 is 11.6 Å². The van der Waals surface area contributed by atoms with E-state index < -0.39 is 6.09 Å². The number of rotatable bonds is 4. The Balaban J connectivity index is 1.82. The average Bonchev–Trinajstić information content (AvgIpc) is 2.50. The predicted molar refractivity (Wildman–Crippen MR) is 85.3 cm³/mol. The molecule has 0 fully saturated rings. The van der Waals surface area contributed by atoms with Gasteiger partial charge < -0.3 is 15.4 Å². The highest BCUT2D eigenvalue weighted by atomic mass is 35.5. The Bertz CT molecular complexity index is 674. The van der Waals surface area contributed by atoms with E-state index in [0.717, 1.165) is 5.56 Å². The molecule has 0 saturated heterocycles. The molecule has 5 nitrogen and oxygen atoms in total. The Morgan fingerprint density at radius 2 is 1.86 bits per heavy atom. The number of anilines is 1. The number of halogens is 1. The second-order valence-corrected chi connectivity index (χ2v) is 5.00.